The fraction of sp³-hybridized carbons (Fsp3) is 0.0667. The predicted molar refractivity (Wildman–Crippen MR) is 78.1 cm³/mol. The Balaban J connectivity index is 2.22. The third-order valence-corrected chi connectivity index (χ3v) is 3.44. The summed E-state index contributed by atoms with van der Waals surface area (Å²) in [6, 6.07) is 7.77. The van der Waals surface area contributed by atoms with Crippen LogP contribution in [0.5, 0.6) is 0 Å². The molecule has 23 heavy (non-hydrogen) atoms. The molecular weight excluding hydrogens is 335 g/mol. The minimum Gasteiger partial charge on any atom is -0.409 e. The van der Waals surface area contributed by atoms with Crippen LogP contribution in [0.15, 0.2) is 56.5 Å². The normalized spacial score (nSPS) is 11.8. The maximum Gasteiger partial charge on any atom is 0.426 e. The summed E-state index contributed by atoms with van der Waals surface area (Å²) in [6.45, 7) is 0. The van der Waals surface area contributed by atoms with Gasteiger partial charge in [-0.25, -0.2) is 9.36 Å². The van der Waals surface area contributed by atoms with E-state index in [1.807, 2.05) is 0 Å². The predicted octanol–water partition coefficient (Wildman–Crippen LogP) is 3.62. The molecule has 118 valence electrons. The van der Waals surface area contributed by atoms with E-state index < -0.39 is 23.1 Å². The molecule has 0 unspecified atom stereocenters. The zero-order chi connectivity index (χ0) is 16.8. The van der Waals surface area contributed by atoms with Gasteiger partial charge in [0.1, 0.15) is 5.58 Å². The monoisotopic (exact) mass is 341 g/mol. The summed E-state index contributed by atoms with van der Waals surface area (Å²) in [4.78, 5) is 24.4. The van der Waals surface area contributed by atoms with Gasteiger partial charge in [0, 0.05) is 11.1 Å². The Morgan fingerprint density at radius 1 is 1.00 bits per heavy atom. The van der Waals surface area contributed by atoms with E-state index in [9.17, 15) is 22.8 Å². The van der Waals surface area contributed by atoms with Gasteiger partial charge < -0.3 is 4.42 Å². The second-order valence-electron chi connectivity index (χ2n) is 4.69. The molecule has 0 aliphatic rings. The molecule has 1 heterocycles. The molecule has 0 amide bonds. The zero-order valence-electron chi connectivity index (χ0n) is 11.2. The van der Waals surface area contributed by atoms with E-state index in [0.717, 1.165) is 24.3 Å². The molecule has 0 N–H and O–H groups in total. The Kier molecular flexibility index (Phi) is 3.52. The maximum atomic E-state index is 12.6. The van der Waals surface area contributed by atoms with Crippen LogP contribution in [0, 0.1) is 0 Å². The highest BCUT2D eigenvalue weighted by Gasteiger charge is 2.30. The van der Waals surface area contributed by atoms with Gasteiger partial charge in [-0.1, -0.05) is 11.6 Å². The number of hydrogen-bond donors (Lipinski definition) is 0. The van der Waals surface area contributed by atoms with Crippen LogP contribution in [-0.2, 0) is 6.18 Å². The number of aromatic nitrogens is 1. The average Bonchev–Trinajstić information content (AvgIpc) is 2.46. The van der Waals surface area contributed by atoms with Gasteiger partial charge in [-0.05, 0) is 36.4 Å². The molecule has 0 radical (unpaired) electrons. The summed E-state index contributed by atoms with van der Waals surface area (Å²) in [5.74, 6) is -1.01. The van der Waals surface area contributed by atoms with E-state index in [2.05, 4.69) is 0 Å². The van der Waals surface area contributed by atoms with Crippen LogP contribution in [0.25, 0.3) is 16.7 Å². The third kappa shape index (κ3) is 2.75. The van der Waals surface area contributed by atoms with Gasteiger partial charge in [0.25, 0.3) is 5.56 Å². The van der Waals surface area contributed by atoms with Crippen LogP contribution in [0.2, 0.25) is 5.02 Å². The van der Waals surface area contributed by atoms with Crippen molar-refractivity contribution in [3.8, 4) is 5.69 Å². The number of nitrogens with zero attached hydrogens (tertiary/aromatic N) is 1. The lowest BCUT2D eigenvalue weighted by Gasteiger charge is -2.09. The Labute approximate surface area is 131 Å². The molecule has 3 rings (SSSR count). The molecule has 2 aromatic carbocycles. The van der Waals surface area contributed by atoms with Gasteiger partial charge in [-0.2, -0.15) is 13.2 Å². The average molecular weight is 342 g/mol. The molecule has 4 nitrogen and oxygen atoms in total. The molecule has 0 bridgehead atoms. The molecule has 8 heteroatoms. The number of benzene rings is 2. The SMILES string of the molecule is O=c1oc2cc(Cl)ccc2c(=O)n1-c1ccc(C(F)(F)F)cc1. The van der Waals surface area contributed by atoms with Crippen molar-refractivity contribution >= 4 is 22.6 Å². The number of hydrogen-bond acceptors (Lipinski definition) is 3. The number of alkyl halides is 3. The third-order valence-electron chi connectivity index (χ3n) is 3.21. The summed E-state index contributed by atoms with van der Waals surface area (Å²) < 4.78 is 43.4. The second kappa shape index (κ2) is 5.27. The first-order valence-electron chi connectivity index (χ1n) is 6.30. The Morgan fingerprint density at radius 2 is 1.65 bits per heavy atom. The van der Waals surface area contributed by atoms with Crippen molar-refractivity contribution in [3.05, 3.63) is 74.0 Å². The molecule has 0 spiro atoms. The second-order valence-corrected chi connectivity index (χ2v) is 5.13. The molecule has 0 fully saturated rings. The van der Waals surface area contributed by atoms with Gasteiger partial charge in [0.2, 0.25) is 0 Å². The van der Waals surface area contributed by atoms with E-state index in [1.54, 1.807) is 0 Å². The Hall–Kier alpha value is -2.54. The molecule has 0 saturated carbocycles. The first kappa shape index (κ1) is 15.4. The molecule has 1 aromatic heterocycles. The van der Waals surface area contributed by atoms with Gasteiger partial charge in [0.15, 0.2) is 0 Å². The van der Waals surface area contributed by atoms with E-state index in [1.165, 1.54) is 18.2 Å². The lowest BCUT2D eigenvalue weighted by molar-refractivity contribution is -0.137. The molecule has 3 aromatic rings. The smallest absolute Gasteiger partial charge is 0.409 e. The first-order valence-corrected chi connectivity index (χ1v) is 6.68. The first-order chi connectivity index (χ1) is 10.8. The van der Waals surface area contributed by atoms with E-state index in [4.69, 9.17) is 16.0 Å². The summed E-state index contributed by atoms with van der Waals surface area (Å²) in [5.41, 5.74) is -1.59. The van der Waals surface area contributed by atoms with E-state index >= 15 is 0 Å². The van der Waals surface area contributed by atoms with Crippen molar-refractivity contribution in [3.63, 3.8) is 0 Å². The van der Waals surface area contributed by atoms with Crippen molar-refractivity contribution in [2.45, 2.75) is 6.18 Å². The van der Waals surface area contributed by atoms with Crippen LogP contribution in [0.3, 0.4) is 0 Å². The highest BCUT2D eigenvalue weighted by Crippen LogP contribution is 2.29. The summed E-state index contributed by atoms with van der Waals surface area (Å²) >= 11 is 5.76. The van der Waals surface area contributed by atoms with Gasteiger partial charge in [0.05, 0.1) is 16.6 Å². The van der Waals surface area contributed by atoms with E-state index in [0.29, 0.717) is 4.57 Å². The number of rotatable bonds is 1. The standard InChI is InChI=1S/C15H7ClF3NO3/c16-9-3-6-11-12(7-9)23-14(22)20(13(11)21)10-4-1-8(2-5-10)15(17,18)19/h1-7H. The van der Waals surface area contributed by atoms with Crippen LogP contribution in [0.4, 0.5) is 13.2 Å². The minimum atomic E-state index is -4.51. The Morgan fingerprint density at radius 3 is 2.26 bits per heavy atom. The van der Waals surface area contributed by atoms with Gasteiger partial charge in [-0.3, -0.25) is 4.79 Å². The van der Waals surface area contributed by atoms with Crippen molar-refractivity contribution < 1.29 is 17.6 Å². The maximum absolute atomic E-state index is 12.6. The van der Waals surface area contributed by atoms with Crippen molar-refractivity contribution in [1.82, 2.24) is 4.57 Å². The highest BCUT2D eigenvalue weighted by molar-refractivity contribution is 6.31. The van der Waals surface area contributed by atoms with Crippen LogP contribution >= 0.6 is 11.6 Å². The van der Waals surface area contributed by atoms with Gasteiger partial charge in [-0.15, -0.1) is 0 Å². The fourth-order valence-electron chi connectivity index (χ4n) is 2.12. The summed E-state index contributed by atoms with van der Waals surface area (Å²) in [5, 5.41) is 0.376. The quantitative estimate of drug-likeness (QED) is 0.679. The molecule has 0 aliphatic carbocycles. The summed E-state index contributed by atoms with van der Waals surface area (Å²) in [6.07, 6.45) is -4.51. The van der Waals surface area contributed by atoms with Crippen molar-refractivity contribution in [2.24, 2.45) is 0 Å². The zero-order valence-corrected chi connectivity index (χ0v) is 12.0. The topological polar surface area (TPSA) is 52.2 Å². The summed E-state index contributed by atoms with van der Waals surface area (Å²) in [7, 11) is 0. The number of halogens is 4. The number of fused-ring (bicyclic) bond motifs is 1. The van der Waals surface area contributed by atoms with Crippen molar-refractivity contribution in [2.75, 3.05) is 0 Å². The molecule has 0 aliphatic heterocycles. The molecule has 0 saturated heterocycles. The lowest BCUT2D eigenvalue weighted by Crippen LogP contribution is -2.30. The highest BCUT2D eigenvalue weighted by atomic mass is 35.5. The van der Waals surface area contributed by atoms with Crippen LogP contribution < -0.4 is 11.3 Å². The largest absolute Gasteiger partial charge is 0.426 e. The lowest BCUT2D eigenvalue weighted by atomic mass is 10.2. The van der Waals surface area contributed by atoms with Gasteiger partial charge >= 0.3 is 11.9 Å². The molecule has 0 atom stereocenters. The minimum absolute atomic E-state index is 0.00987. The van der Waals surface area contributed by atoms with E-state index in [-0.39, 0.29) is 21.7 Å². The van der Waals surface area contributed by atoms with Crippen molar-refractivity contribution in [1.29, 1.82) is 0 Å². The van der Waals surface area contributed by atoms with Crippen LogP contribution in [0.1, 0.15) is 5.56 Å². The fourth-order valence-corrected chi connectivity index (χ4v) is 2.28. The van der Waals surface area contributed by atoms with Crippen LogP contribution in [-0.4, -0.2) is 4.57 Å². The molecular formula is C15H7ClF3NO3. The Bertz CT molecular complexity index is 1000.